The highest BCUT2D eigenvalue weighted by atomic mass is 19.3. The maximum atomic E-state index is 14.2. The largest absolute Gasteiger partial charge is 0.491 e. The van der Waals surface area contributed by atoms with Crippen molar-refractivity contribution in [3.8, 4) is 5.75 Å². The zero-order valence-electron chi connectivity index (χ0n) is 17.0. The van der Waals surface area contributed by atoms with Gasteiger partial charge in [0.25, 0.3) is 18.1 Å². The molecule has 0 aliphatic carbocycles. The molecule has 0 unspecified atom stereocenters. The van der Waals surface area contributed by atoms with E-state index in [0.29, 0.717) is 25.0 Å². The lowest BCUT2D eigenvalue weighted by molar-refractivity contribution is 0.0552. The molecular weight excluding hydrogens is 430 g/mol. The van der Waals surface area contributed by atoms with Crippen LogP contribution < -0.4 is 4.74 Å². The maximum Gasteiger partial charge on any atom is 0.280 e. The molecule has 1 aromatic carbocycles. The fraction of sp³-hybridized carbons (Fsp3) is 0.429. The maximum absolute atomic E-state index is 14.2. The van der Waals surface area contributed by atoms with Crippen molar-refractivity contribution in [2.45, 2.75) is 50.1 Å². The van der Waals surface area contributed by atoms with E-state index in [2.05, 4.69) is 15.1 Å². The molecule has 0 N–H and O–H groups in total. The number of ether oxygens (including phenoxy) is 1. The molecule has 2 aromatic heterocycles. The Kier molecular flexibility index (Phi) is 4.98. The third-order valence-electron chi connectivity index (χ3n) is 6.41. The molecule has 11 heteroatoms. The quantitative estimate of drug-likeness (QED) is 0.565. The molecule has 0 radical (unpaired) electrons. The van der Waals surface area contributed by atoms with Crippen molar-refractivity contribution in [3.05, 3.63) is 53.1 Å². The molecule has 4 heterocycles. The van der Waals surface area contributed by atoms with E-state index in [-0.39, 0.29) is 29.3 Å². The number of carbonyl (C=O) groups is 1. The monoisotopic (exact) mass is 449 g/mol. The number of rotatable bonds is 4. The molecule has 2 bridgehead atoms. The topological polar surface area (TPSA) is 72.6 Å². The van der Waals surface area contributed by atoms with E-state index in [0.717, 1.165) is 25.7 Å². The Labute approximate surface area is 180 Å². The fourth-order valence-corrected chi connectivity index (χ4v) is 5.07. The Morgan fingerprint density at radius 2 is 1.84 bits per heavy atom. The van der Waals surface area contributed by atoms with Crippen molar-refractivity contribution in [2.24, 2.45) is 0 Å². The summed E-state index contributed by atoms with van der Waals surface area (Å²) in [6.07, 6.45) is 1.13. The molecule has 7 nitrogen and oxygen atoms in total. The first kappa shape index (κ1) is 20.7. The van der Waals surface area contributed by atoms with Crippen molar-refractivity contribution >= 4 is 11.7 Å². The van der Waals surface area contributed by atoms with Gasteiger partial charge in [-0.05, 0) is 43.9 Å². The summed E-state index contributed by atoms with van der Waals surface area (Å²) in [6.45, 7) is 0. The highest BCUT2D eigenvalue weighted by Gasteiger charge is 2.46. The second kappa shape index (κ2) is 7.72. The number of piperidine rings is 1. The van der Waals surface area contributed by atoms with Gasteiger partial charge in [-0.15, -0.1) is 0 Å². The van der Waals surface area contributed by atoms with Gasteiger partial charge in [0.1, 0.15) is 12.0 Å². The van der Waals surface area contributed by atoms with E-state index in [1.54, 1.807) is 4.90 Å². The van der Waals surface area contributed by atoms with Gasteiger partial charge in [-0.25, -0.2) is 27.1 Å². The van der Waals surface area contributed by atoms with Gasteiger partial charge in [0.2, 0.25) is 0 Å². The first-order valence-corrected chi connectivity index (χ1v) is 10.2. The Balaban J connectivity index is 1.54. The van der Waals surface area contributed by atoms with E-state index in [1.807, 2.05) is 0 Å². The smallest absolute Gasteiger partial charge is 0.280 e. The summed E-state index contributed by atoms with van der Waals surface area (Å²) >= 11 is 0. The number of halogens is 4. The van der Waals surface area contributed by atoms with Crippen LogP contribution in [0.3, 0.4) is 0 Å². The summed E-state index contributed by atoms with van der Waals surface area (Å²) in [4.78, 5) is 22.8. The van der Waals surface area contributed by atoms with Gasteiger partial charge in [-0.3, -0.25) is 4.79 Å². The SMILES string of the molecule is COc1c(F)cc(C(=O)N2[C@H]3CC[C@H](c4cc(C(F)F)nc5ncnn45)[C@@H]2CC3)cc1F. The minimum Gasteiger partial charge on any atom is -0.491 e. The predicted molar refractivity (Wildman–Crippen MR) is 104 cm³/mol. The van der Waals surface area contributed by atoms with Crippen molar-refractivity contribution < 1.29 is 27.1 Å². The van der Waals surface area contributed by atoms with Crippen LogP contribution in [0.15, 0.2) is 24.5 Å². The van der Waals surface area contributed by atoms with Crippen molar-refractivity contribution in [1.82, 2.24) is 24.5 Å². The molecule has 168 valence electrons. The van der Waals surface area contributed by atoms with Crippen LogP contribution >= 0.6 is 0 Å². The zero-order chi connectivity index (χ0) is 22.6. The lowest BCUT2D eigenvalue weighted by atomic mass is 9.86. The number of alkyl halides is 2. The second-order valence-electron chi connectivity index (χ2n) is 8.05. The summed E-state index contributed by atoms with van der Waals surface area (Å²) in [5.74, 6) is -3.20. The molecule has 2 fully saturated rings. The number of hydrogen-bond donors (Lipinski definition) is 0. The van der Waals surface area contributed by atoms with Gasteiger partial charge >= 0.3 is 0 Å². The van der Waals surface area contributed by atoms with Gasteiger partial charge in [-0.2, -0.15) is 10.1 Å². The summed E-state index contributed by atoms with van der Waals surface area (Å²) in [5, 5.41) is 4.13. The Morgan fingerprint density at radius 3 is 2.53 bits per heavy atom. The summed E-state index contributed by atoms with van der Waals surface area (Å²) in [5.41, 5.74) is -0.0249. The van der Waals surface area contributed by atoms with E-state index in [9.17, 15) is 22.4 Å². The number of aromatic nitrogens is 4. The second-order valence-corrected chi connectivity index (χ2v) is 8.05. The molecule has 1 amide bonds. The van der Waals surface area contributed by atoms with E-state index in [1.165, 1.54) is 16.9 Å². The molecule has 2 aliphatic rings. The van der Waals surface area contributed by atoms with Gasteiger partial charge in [-0.1, -0.05) is 0 Å². The van der Waals surface area contributed by atoms with Crippen LogP contribution in [0.2, 0.25) is 0 Å². The fourth-order valence-electron chi connectivity index (χ4n) is 5.07. The molecular formula is C21H19F4N5O2. The van der Waals surface area contributed by atoms with Gasteiger partial charge in [0.15, 0.2) is 17.4 Å². The normalized spacial score (nSPS) is 22.7. The molecule has 2 saturated heterocycles. The highest BCUT2D eigenvalue weighted by Crippen LogP contribution is 2.45. The molecule has 5 rings (SSSR count). The average Bonchev–Trinajstić information content (AvgIpc) is 3.35. The zero-order valence-corrected chi connectivity index (χ0v) is 17.0. The van der Waals surface area contributed by atoms with E-state index >= 15 is 0 Å². The summed E-state index contributed by atoms with van der Waals surface area (Å²) in [6, 6.07) is 2.83. The highest BCUT2D eigenvalue weighted by molar-refractivity contribution is 5.95. The molecule has 0 spiro atoms. The molecule has 3 aromatic rings. The van der Waals surface area contributed by atoms with Crippen molar-refractivity contribution in [3.63, 3.8) is 0 Å². The summed E-state index contributed by atoms with van der Waals surface area (Å²) in [7, 11) is 1.14. The van der Waals surface area contributed by atoms with Crippen LogP contribution in [0, 0.1) is 11.6 Å². The van der Waals surface area contributed by atoms with Crippen LogP contribution in [0.25, 0.3) is 5.78 Å². The number of amides is 1. The average molecular weight is 449 g/mol. The number of fused-ring (bicyclic) bond motifs is 3. The molecule has 3 atom stereocenters. The first-order valence-electron chi connectivity index (χ1n) is 10.2. The van der Waals surface area contributed by atoms with Crippen LogP contribution in [-0.4, -0.2) is 49.6 Å². The van der Waals surface area contributed by atoms with E-state index in [4.69, 9.17) is 4.74 Å². The van der Waals surface area contributed by atoms with Crippen LogP contribution in [0.5, 0.6) is 5.75 Å². The van der Waals surface area contributed by atoms with Crippen LogP contribution in [-0.2, 0) is 0 Å². The molecule has 32 heavy (non-hydrogen) atoms. The van der Waals surface area contributed by atoms with Crippen LogP contribution in [0.4, 0.5) is 17.6 Å². The number of nitrogens with zero attached hydrogens (tertiary/aromatic N) is 5. The third-order valence-corrected chi connectivity index (χ3v) is 6.41. The number of methoxy groups -OCH3 is 1. The van der Waals surface area contributed by atoms with Gasteiger partial charge in [0.05, 0.1) is 12.8 Å². The standard InChI is InChI=1S/C21H19F4N5O2/c1-32-18-13(22)6-10(7-14(18)23)20(31)29-11-2-4-12(16(29)5-3-11)17-8-15(19(24)25)28-21-26-9-27-30(17)21/h6-9,11-12,16,19H,2-5H2,1H3/t11-,12-,16-/m0/s1. The first-order chi connectivity index (χ1) is 15.4. The van der Waals surface area contributed by atoms with Gasteiger partial charge in [0, 0.05) is 23.6 Å². The Hall–Kier alpha value is -3.24. The molecule has 2 aliphatic heterocycles. The predicted octanol–water partition coefficient (Wildman–Crippen LogP) is 3.90. The van der Waals surface area contributed by atoms with Crippen molar-refractivity contribution in [2.75, 3.05) is 7.11 Å². The summed E-state index contributed by atoms with van der Waals surface area (Å²) < 4.78 is 61.4. The Bertz CT molecular complexity index is 1180. The number of benzene rings is 1. The van der Waals surface area contributed by atoms with Crippen LogP contribution in [0.1, 0.15) is 59.8 Å². The Morgan fingerprint density at radius 1 is 1.12 bits per heavy atom. The third kappa shape index (κ3) is 3.18. The lowest BCUT2D eigenvalue weighted by Crippen LogP contribution is -2.47. The minimum atomic E-state index is -2.78. The number of carbonyl (C=O) groups excluding carboxylic acids is 1. The van der Waals surface area contributed by atoms with E-state index < -0.39 is 35.4 Å². The minimum absolute atomic E-state index is 0.0649. The van der Waals surface area contributed by atoms with Crippen molar-refractivity contribution in [1.29, 1.82) is 0 Å². The number of hydrogen-bond acceptors (Lipinski definition) is 5. The lowest BCUT2D eigenvalue weighted by Gasteiger charge is -2.40. The molecule has 0 saturated carbocycles. The van der Waals surface area contributed by atoms with Gasteiger partial charge < -0.3 is 9.64 Å².